The predicted octanol–water partition coefficient (Wildman–Crippen LogP) is 4.16. The van der Waals surface area contributed by atoms with E-state index in [-0.39, 0.29) is 11.8 Å². The minimum Gasteiger partial charge on any atom is -0.326 e. The summed E-state index contributed by atoms with van der Waals surface area (Å²) in [6, 6.07) is 20.1. The van der Waals surface area contributed by atoms with Crippen molar-refractivity contribution in [3.8, 4) is 11.3 Å². The molecule has 0 unspecified atom stereocenters. The topological polar surface area (TPSA) is 96.0 Å². The van der Waals surface area contributed by atoms with Crippen molar-refractivity contribution in [3.05, 3.63) is 96.8 Å². The Kier molecular flexibility index (Phi) is 5.89. The average Bonchev–Trinajstić information content (AvgIpc) is 2.82. The van der Waals surface area contributed by atoms with Gasteiger partial charge in [0.25, 0.3) is 5.91 Å². The summed E-state index contributed by atoms with van der Waals surface area (Å²) in [5.74, 6) is -0.485. The monoisotopic (exact) mass is 423 g/mol. The molecular weight excluding hydrogens is 402 g/mol. The second kappa shape index (κ2) is 9.09. The van der Waals surface area contributed by atoms with Crippen LogP contribution in [0.5, 0.6) is 0 Å². The SMILES string of the molecule is C=C(NNC(=O)c1cc(-c2ccncc2)nc2ccccc12)c1cccc(NC(C)=O)c1. The first-order valence-corrected chi connectivity index (χ1v) is 9.95. The van der Waals surface area contributed by atoms with Crippen molar-refractivity contribution in [2.24, 2.45) is 0 Å². The van der Waals surface area contributed by atoms with E-state index in [0.29, 0.717) is 28.2 Å². The van der Waals surface area contributed by atoms with Crippen LogP contribution in [0.1, 0.15) is 22.8 Å². The summed E-state index contributed by atoms with van der Waals surface area (Å²) in [5.41, 5.74) is 10.2. The Bertz CT molecular complexity index is 1320. The predicted molar refractivity (Wildman–Crippen MR) is 125 cm³/mol. The summed E-state index contributed by atoms with van der Waals surface area (Å²) in [5, 5.41) is 3.46. The quantitative estimate of drug-likeness (QED) is 0.405. The lowest BCUT2D eigenvalue weighted by molar-refractivity contribution is -0.114. The van der Waals surface area contributed by atoms with E-state index in [4.69, 9.17) is 0 Å². The zero-order chi connectivity index (χ0) is 22.5. The maximum Gasteiger partial charge on any atom is 0.270 e. The van der Waals surface area contributed by atoms with Crippen LogP contribution in [0.3, 0.4) is 0 Å². The van der Waals surface area contributed by atoms with Gasteiger partial charge in [-0.2, -0.15) is 0 Å². The van der Waals surface area contributed by atoms with E-state index in [1.807, 2.05) is 42.5 Å². The Hall–Kier alpha value is -4.52. The van der Waals surface area contributed by atoms with Gasteiger partial charge in [-0.05, 0) is 36.4 Å². The summed E-state index contributed by atoms with van der Waals surface area (Å²) >= 11 is 0. The molecule has 2 aromatic heterocycles. The second-order valence-electron chi connectivity index (χ2n) is 7.13. The lowest BCUT2D eigenvalue weighted by Crippen LogP contribution is -2.36. The molecule has 0 spiro atoms. The molecule has 0 aliphatic rings. The minimum atomic E-state index is -0.321. The molecule has 2 heterocycles. The maximum atomic E-state index is 13.1. The van der Waals surface area contributed by atoms with Gasteiger partial charge >= 0.3 is 0 Å². The number of para-hydroxylation sites is 1. The van der Waals surface area contributed by atoms with Crippen LogP contribution in [-0.4, -0.2) is 21.8 Å². The number of aromatic nitrogens is 2. The van der Waals surface area contributed by atoms with Gasteiger partial charge in [0, 0.05) is 41.5 Å². The van der Waals surface area contributed by atoms with E-state index >= 15 is 0 Å². The number of hydrazine groups is 1. The minimum absolute atomic E-state index is 0.163. The van der Waals surface area contributed by atoms with Crippen molar-refractivity contribution < 1.29 is 9.59 Å². The Morgan fingerprint density at radius 1 is 0.906 bits per heavy atom. The second-order valence-corrected chi connectivity index (χ2v) is 7.13. The molecule has 0 aliphatic heterocycles. The van der Waals surface area contributed by atoms with Gasteiger partial charge in [0.2, 0.25) is 5.91 Å². The number of pyridine rings is 2. The number of amides is 2. The molecule has 2 amide bonds. The van der Waals surface area contributed by atoms with Gasteiger partial charge in [-0.25, -0.2) is 4.98 Å². The van der Waals surface area contributed by atoms with Gasteiger partial charge in [-0.3, -0.25) is 25.4 Å². The first-order chi connectivity index (χ1) is 15.5. The standard InChI is InChI=1S/C25H21N5O2/c1-16(19-6-5-7-20(14-19)27-17(2)31)29-30-25(32)22-15-24(18-10-12-26-13-11-18)28-23-9-4-3-8-21(22)23/h3-15,29H,1H2,2H3,(H,27,31)(H,30,32). The van der Waals surface area contributed by atoms with Gasteiger partial charge in [0.1, 0.15) is 0 Å². The highest BCUT2D eigenvalue weighted by Crippen LogP contribution is 2.24. The van der Waals surface area contributed by atoms with Crippen LogP contribution >= 0.6 is 0 Å². The van der Waals surface area contributed by atoms with Crippen molar-refractivity contribution in [2.75, 3.05) is 5.32 Å². The number of carbonyl (C=O) groups is 2. The molecule has 0 atom stereocenters. The number of anilines is 1. The molecule has 0 radical (unpaired) electrons. The zero-order valence-corrected chi connectivity index (χ0v) is 17.4. The number of fused-ring (bicyclic) bond motifs is 1. The fourth-order valence-corrected chi connectivity index (χ4v) is 3.29. The number of carbonyl (C=O) groups excluding carboxylic acids is 2. The largest absolute Gasteiger partial charge is 0.326 e. The van der Waals surface area contributed by atoms with Crippen molar-refractivity contribution in [2.45, 2.75) is 6.92 Å². The number of rotatable bonds is 6. The normalized spacial score (nSPS) is 10.4. The van der Waals surface area contributed by atoms with Crippen molar-refractivity contribution in [1.82, 2.24) is 20.8 Å². The molecule has 0 saturated heterocycles. The van der Waals surface area contributed by atoms with Gasteiger partial charge in [-0.15, -0.1) is 0 Å². The van der Waals surface area contributed by atoms with Crippen LogP contribution in [0.25, 0.3) is 27.9 Å². The molecule has 4 rings (SSSR count). The first kappa shape index (κ1) is 20.7. The van der Waals surface area contributed by atoms with E-state index in [9.17, 15) is 9.59 Å². The van der Waals surface area contributed by atoms with Gasteiger partial charge in [0.15, 0.2) is 0 Å². The lowest BCUT2D eigenvalue weighted by Gasteiger charge is -2.14. The fourth-order valence-electron chi connectivity index (χ4n) is 3.29. The van der Waals surface area contributed by atoms with Crippen molar-refractivity contribution in [1.29, 1.82) is 0 Å². The molecule has 0 fully saturated rings. The van der Waals surface area contributed by atoms with Gasteiger partial charge in [0.05, 0.1) is 22.5 Å². The van der Waals surface area contributed by atoms with Crippen LogP contribution in [0, 0.1) is 0 Å². The summed E-state index contributed by atoms with van der Waals surface area (Å²) in [4.78, 5) is 33.1. The van der Waals surface area contributed by atoms with Gasteiger partial charge in [-0.1, -0.05) is 36.9 Å². The Morgan fingerprint density at radius 2 is 1.69 bits per heavy atom. The number of hydrogen-bond acceptors (Lipinski definition) is 5. The van der Waals surface area contributed by atoms with Gasteiger partial charge < -0.3 is 5.32 Å². The third kappa shape index (κ3) is 4.62. The van der Waals surface area contributed by atoms with E-state index in [1.165, 1.54) is 6.92 Å². The summed E-state index contributed by atoms with van der Waals surface area (Å²) in [7, 11) is 0. The number of nitrogens with one attached hydrogen (secondary N) is 3. The highest BCUT2D eigenvalue weighted by molar-refractivity contribution is 6.07. The number of nitrogens with zero attached hydrogens (tertiary/aromatic N) is 2. The highest BCUT2D eigenvalue weighted by atomic mass is 16.2. The third-order valence-electron chi connectivity index (χ3n) is 4.80. The van der Waals surface area contributed by atoms with Crippen LogP contribution in [-0.2, 0) is 4.79 Å². The van der Waals surface area contributed by atoms with Crippen LogP contribution in [0.15, 0.2) is 85.7 Å². The molecule has 2 aromatic carbocycles. The molecule has 158 valence electrons. The molecule has 0 saturated carbocycles. The molecule has 7 nitrogen and oxygen atoms in total. The average molecular weight is 423 g/mol. The van der Waals surface area contributed by atoms with E-state index < -0.39 is 0 Å². The molecular formula is C25H21N5O2. The zero-order valence-electron chi connectivity index (χ0n) is 17.4. The van der Waals surface area contributed by atoms with E-state index in [2.05, 4.69) is 32.7 Å². The third-order valence-corrected chi connectivity index (χ3v) is 4.80. The molecule has 32 heavy (non-hydrogen) atoms. The molecule has 7 heteroatoms. The molecule has 4 aromatic rings. The Balaban J connectivity index is 1.58. The van der Waals surface area contributed by atoms with Crippen LogP contribution in [0.2, 0.25) is 0 Å². The summed E-state index contributed by atoms with van der Waals surface area (Å²) < 4.78 is 0. The first-order valence-electron chi connectivity index (χ1n) is 9.95. The lowest BCUT2D eigenvalue weighted by atomic mass is 10.0. The van der Waals surface area contributed by atoms with Crippen LogP contribution < -0.4 is 16.2 Å². The van der Waals surface area contributed by atoms with Crippen molar-refractivity contribution in [3.63, 3.8) is 0 Å². The van der Waals surface area contributed by atoms with Crippen molar-refractivity contribution >= 4 is 34.1 Å². The number of benzene rings is 2. The highest BCUT2D eigenvalue weighted by Gasteiger charge is 2.14. The molecule has 0 aliphatic carbocycles. The molecule has 0 bridgehead atoms. The smallest absolute Gasteiger partial charge is 0.270 e. The summed E-state index contributed by atoms with van der Waals surface area (Å²) in [6.07, 6.45) is 3.37. The van der Waals surface area contributed by atoms with Crippen LogP contribution in [0.4, 0.5) is 5.69 Å². The number of hydrogen-bond donors (Lipinski definition) is 3. The Labute approximate surface area is 185 Å². The van der Waals surface area contributed by atoms with E-state index in [0.717, 1.165) is 16.5 Å². The fraction of sp³-hybridized carbons (Fsp3) is 0.0400. The summed E-state index contributed by atoms with van der Waals surface area (Å²) in [6.45, 7) is 5.42. The maximum absolute atomic E-state index is 13.1. The Morgan fingerprint density at radius 3 is 2.47 bits per heavy atom. The molecule has 3 N–H and O–H groups in total. The van der Waals surface area contributed by atoms with E-state index in [1.54, 1.807) is 36.7 Å².